The largest absolute Gasteiger partial charge is 0.364 e. The lowest BCUT2D eigenvalue weighted by molar-refractivity contribution is -0.133. The molecule has 3 aromatic carbocycles. The standard InChI is InChI=1S/C22H23NO2/c1-16(20-13-12-19-10-6-7-11-21(19)14-20)23-22(24)17(2)25-15-18-8-4-3-5-9-18/h3-14,16-17H,15H2,1-2H3,(H,23,24). The van der Waals surface area contributed by atoms with Gasteiger partial charge in [-0.05, 0) is 41.8 Å². The lowest BCUT2D eigenvalue weighted by atomic mass is 10.0. The molecule has 0 aliphatic heterocycles. The number of nitrogens with one attached hydrogen (secondary N) is 1. The van der Waals surface area contributed by atoms with Crippen molar-refractivity contribution in [2.45, 2.75) is 32.6 Å². The number of rotatable bonds is 6. The number of hydrogen-bond donors (Lipinski definition) is 1. The smallest absolute Gasteiger partial charge is 0.249 e. The minimum absolute atomic E-state index is 0.0696. The molecule has 2 unspecified atom stereocenters. The van der Waals surface area contributed by atoms with Crippen molar-refractivity contribution in [3.8, 4) is 0 Å². The highest BCUT2D eigenvalue weighted by Gasteiger charge is 2.17. The molecule has 0 aliphatic rings. The third-order valence-corrected chi connectivity index (χ3v) is 4.34. The van der Waals surface area contributed by atoms with Crippen molar-refractivity contribution >= 4 is 16.7 Å². The predicted octanol–water partition coefficient (Wildman–Crippen LogP) is 4.62. The Morgan fingerprint density at radius 2 is 1.60 bits per heavy atom. The zero-order valence-corrected chi connectivity index (χ0v) is 14.6. The summed E-state index contributed by atoms with van der Waals surface area (Å²) in [7, 11) is 0. The van der Waals surface area contributed by atoms with E-state index in [1.807, 2.05) is 49.4 Å². The third kappa shape index (κ3) is 4.46. The molecule has 2 atom stereocenters. The van der Waals surface area contributed by atoms with E-state index in [0.29, 0.717) is 6.61 Å². The summed E-state index contributed by atoms with van der Waals surface area (Å²) in [5.74, 6) is -0.100. The molecule has 0 bridgehead atoms. The second kappa shape index (κ2) is 7.95. The van der Waals surface area contributed by atoms with E-state index in [1.165, 1.54) is 10.8 Å². The second-order valence-electron chi connectivity index (χ2n) is 6.28. The SMILES string of the molecule is CC(OCc1ccccc1)C(=O)NC(C)c1ccc2ccccc2c1. The van der Waals surface area contributed by atoms with Crippen LogP contribution in [0, 0.1) is 0 Å². The Balaban J connectivity index is 1.58. The summed E-state index contributed by atoms with van der Waals surface area (Å²) < 4.78 is 5.68. The van der Waals surface area contributed by atoms with Crippen molar-refractivity contribution in [3.63, 3.8) is 0 Å². The topological polar surface area (TPSA) is 38.3 Å². The molecular formula is C22H23NO2. The number of carbonyl (C=O) groups is 1. The molecule has 3 rings (SSSR count). The molecule has 0 fully saturated rings. The van der Waals surface area contributed by atoms with E-state index in [4.69, 9.17) is 4.74 Å². The molecule has 0 aliphatic carbocycles. The Labute approximate surface area is 148 Å². The molecule has 25 heavy (non-hydrogen) atoms. The van der Waals surface area contributed by atoms with E-state index in [2.05, 4.69) is 35.6 Å². The molecule has 0 spiro atoms. The van der Waals surface area contributed by atoms with Crippen LogP contribution in [0.3, 0.4) is 0 Å². The lowest BCUT2D eigenvalue weighted by Gasteiger charge is -2.19. The van der Waals surface area contributed by atoms with E-state index in [-0.39, 0.29) is 11.9 Å². The van der Waals surface area contributed by atoms with Gasteiger partial charge in [-0.15, -0.1) is 0 Å². The summed E-state index contributed by atoms with van der Waals surface area (Å²) in [6, 6.07) is 24.3. The van der Waals surface area contributed by atoms with Gasteiger partial charge in [-0.1, -0.05) is 66.7 Å². The fourth-order valence-corrected chi connectivity index (χ4v) is 2.76. The molecule has 3 aromatic rings. The number of carbonyl (C=O) groups excluding carboxylic acids is 1. The van der Waals surface area contributed by atoms with E-state index in [1.54, 1.807) is 6.92 Å². The maximum Gasteiger partial charge on any atom is 0.249 e. The second-order valence-corrected chi connectivity index (χ2v) is 6.28. The van der Waals surface area contributed by atoms with Crippen LogP contribution in [0.4, 0.5) is 0 Å². The Morgan fingerprint density at radius 3 is 2.36 bits per heavy atom. The monoisotopic (exact) mass is 333 g/mol. The summed E-state index contributed by atoms with van der Waals surface area (Å²) in [5, 5.41) is 5.41. The van der Waals surface area contributed by atoms with Crippen LogP contribution in [-0.2, 0) is 16.1 Å². The number of benzene rings is 3. The van der Waals surface area contributed by atoms with Gasteiger partial charge < -0.3 is 10.1 Å². The van der Waals surface area contributed by atoms with Crippen LogP contribution in [0.5, 0.6) is 0 Å². The highest BCUT2D eigenvalue weighted by molar-refractivity contribution is 5.84. The molecule has 1 N–H and O–H groups in total. The van der Waals surface area contributed by atoms with Crippen LogP contribution >= 0.6 is 0 Å². The van der Waals surface area contributed by atoms with Crippen LogP contribution in [0.1, 0.15) is 31.0 Å². The highest BCUT2D eigenvalue weighted by atomic mass is 16.5. The van der Waals surface area contributed by atoms with Crippen LogP contribution in [0.2, 0.25) is 0 Å². The fraction of sp³-hybridized carbons (Fsp3) is 0.227. The lowest BCUT2D eigenvalue weighted by Crippen LogP contribution is -2.36. The van der Waals surface area contributed by atoms with Gasteiger partial charge in [0.2, 0.25) is 5.91 Å². The van der Waals surface area contributed by atoms with Gasteiger partial charge in [-0.3, -0.25) is 4.79 Å². The summed E-state index contributed by atoms with van der Waals surface area (Å²) in [6.07, 6.45) is -0.497. The summed E-state index contributed by atoms with van der Waals surface area (Å²) in [5.41, 5.74) is 2.15. The first kappa shape index (κ1) is 17.2. The first-order chi connectivity index (χ1) is 12.1. The molecule has 128 valence electrons. The number of ether oxygens (including phenoxy) is 1. The Hall–Kier alpha value is -2.65. The third-order valence-electron chi connectivity index (χ3n) is 4.34. The predicted molar refractivity (Wildman–Crippen MR) is 101 cm³/mol. The minimum atomic E-state index is -0.497. The Bertz CT molecular complexity index is 845. The van der Waals surface area contributed by atoms with Crippen molar-refractivity contribution in [2.24, 2.45) is 0 Å². The van der Waals surface area contributed by atoms with Gasteiger partial charge in [0.05, 0.1) is 12.6 Å². The molecule has 0 radical (unpaired) electrons. The summed E-state index contributed by atoms with van der Waals surface area (Å²) >= 11 is 0. The highest BCUT2D eigenvalue weighted by Crippen LogP contribution is 2.20. The van der Waals surface area contributed by atoms with Gasteiger partial charge >= 0.3 is 0 Å². The van der Waals surface area contributed by atoms with Gasteiger partial charge in [-0.25, -0.2) is 0 Å². The average molecular weight is 333 g/mol. The van der Waals surface area contributed by atoms with E-state index < -0.39 is 6.10 Å². The van der Waals surface area contributed by atoms with Gasteiger partial charge in [0, 0.05) is 0 Å². The zero-order valence-electron chi connectivity index (χ0n) is 14.6. The van der Waals surface area contributed by atoms with E-state index in [0.717, 1.165) is 11.1 Å². The Kier molecular flexibility index (Phi) is 5.46. The van der Waals surface area contributed by atoms with Gasteiger partial charge in [0.1, 0.15) is 6.10 Å². The van der Waals surface area contributed by atoms with E-state index in [9.17, 15) is 4.79 Å². The van der Waals surface area contributed by atoms with Gasteiger partial charge in [0.25, 0.3) is 0 Å². The number of hydrogen-bond acceptors (Lipinski definition) is 2. The maximum absolute atomic E-state index is 12.4. The first-order valence-corrected chi connectivity index (χ1v) is 8.58. The molecular weight excluding hydrogens is 310 g/mol. The van der Waals surface area contributed by atoms with Crippen molar-refractivity contribution in [1.29, 1.82) is 0 Å². The maximum atomic E-state index is 12.4. The molecule has 3 heteroatoms. The van der Waals surface area contributed by atoms with Crippen LogP contribution < -0.4 is 5.32 Å². The Morgan fingerprint density at radius 1 is 0.920 bits per heavy atom. The van der Waals surface area contributed by atoms with Crippen LogP contribution in [0.15, 0.2) is 72.8 Å². The fourth-order valence-electron chi connectivity index (χ4n) is 2.76. The number of fused-ring (bicyclic) bond motifs is 1. The first-order valence-electron chi connectivity index (χ1n) is 8.58. The van der Waals surface area contributed by atoms with Crippen LogP contribution in [-0.4, -0.2) is 12.0 Å². The van der Waals surface area contributed by atoms with Crippen molar-refractivity contribution < 1.29 is 9.53 Å². The van der Waals surface area contributed by atoms with Crippen LogP contribution in [0.25, 0.3) is 10.8 Å². The van der Waals surface area contributed by atoms with Crippen molar-refractivity contribution in [2.75, 3.05) is 0 Å². The molecule has 1 amide bonds. The van der Waals surface area contributed by atoms with E-state index >= 15 is 0 Å². The van der Waals surface area contributed by atoms with Gasteiger partial charge in [-0.2, -0.15) is 0 Å². The van der Waals surface area contributed by atoms with Crippen molar-refractivity contribution in [1.82, 2.24) is 5.32 Å². The minimum Gasteiger partial charge on any atom is -0.364 e. The normalized spacial score (nSPS) is 13.4. The molecule has 0 aromatic heterocycles. The summed E-state index contributed by atoms with van der Waals surface area (Å²) in [6.45, 7) is 4.21. The van der Waals surface area contributed by atoms with Gasteiger partial charge in [0.15, 0.2) is 0 Å². The molecule has 0 saturated heterocycles. The zero-order chi connectivity index (χ0) is 17.6. The molecule has 3 nitrogen and oxygen atoms in total. The summed E-state index contributed by atoms with van der Waals surface area (Å²) in [4.78, 5) is 12.4. The quantitative estimate of drug-likeness (QED) is 0.715. The molecule has 0 saturated carbocycles. The average Bonchev–Trinajstić information content (AvgIpc) is 2.66. The molecule has 0 heterocycles. The number of amides is 1. The van der Waals surface area contributed by atoms with Crippen molar-refractivity contribution in [3.05, 3.63) is 83.9 Å².